The third-order valence-electron chi connectivity index (χ3n) is 13.5. The maximum Gasteiger partial charge on any atom is 0.314 e. The molecule has 6 heteroatoms. The molecular formula is C33H52N2O4. The van der Waals surface area contributed by atoms with Crippen LogP contribution in [0.25, 0.3) is 0 Å². The van der Waals surface area contributed by atoms with Crippen LogP contribution in [-0.4, -0.2) is 36.5 Å². The summed E-state index contributed by atoms with van der Waals surface area (Å²) in [5.74, 6) is 0.692. The SMILES string of the molecule is CNC(=O)N[C@@]1(C)CC[C@]2(C)CC[C@]3(C)C(=CC(=O)[C@@H]4[C@@]5(C)CC[C@H](OC(C)=O)C(C)(C)[C@@H]5CC[C@]43C)[C@@H]2C1. The van der Waals surface area contributed by atoms with E-state index in [0.717, 1.165) is 57.8 Å². The molecule has 5 aliphatic rings. The van der Waals surface area contributed by atoms with Crippen molar-refractivity contribution in [2.45, 2.75) is 125 Å². The first-order chi connectivity index (χ1) is 18.0. The fourth-order valence-electron chi connectivity index (χ4n) is 11.0. The lowest BCUT2D eigenvalue weighted by atomic mass is 9.33. The van der Waals surface area contributed by atoms with Gasteiger partial charge in [0.25, 0.3) is 0 Å². The number of ketones is 1. The van der Waals surface area contributed by atoms with Gasteiger partial charge in [0, 0.05) is 30.8 Å². The lowest BCUT2D eigenvalue weighted by molar-refractivity contribution is -0.210. The van der Waals surface area contributed by atoms with Crippen LogP contribution < -0.4 is 10.6 Å². The normalized spacial score (nSPS) is 48.3. The van der Waals surface area contributed by atoms with E-state index in [1.165, 1.54) is 12.5 Å². The molecule has 0 spiro atoms. The fourth-order valence-corrected chi connectivity index (χ4v) is 11.0. The van der Waals surface area contributed by atoms with Gasteiger partial charge in [-0.1, -0.05) is 47.1 Å². The van der Waals surface area contributed by atoms with Crippen LogP contribution in [0.5, 0.6) is 0 Å². The second-order valence-corrected chi connectivity index (χ2v) is 15.9. The molecule has 0 aromatic rings. The minimum absolute atomic E-state index is 0.0293. The van der Waals surface area contributed by atoms with Gasteiger partial charge in [0.2, 0.25) is 0 Å². The summed E-state index contributed by atoms with van der Waals surface area (Å²) in [4.78, 5) is 38.8. The van der Waals surface area contributed by atoms with Crippen LogP contribution in [-0.2, 0) is 14.3 Å². The van der Waals surface area contributed by atoms with Gasteiger partial charge in [-0.05, 0) is 104 Å². The van der Waals surface area contributed by atoms with Gasteiger partial charge >= 0.3 is 12.0 Å². The number of carbonyl (C=O) groups excluding carboxylic acids is 3. The Bertz CT molecular complexity index is 1110. The Morgan fingerprint density at radius 1 is 0.923 bits per heavy atom. The average molecular weight is 541 g/mol. The van der Waals surface area contributed by atoms with Crippen LogP contribution in [0, 0.1) is 44.8 Å². The zero-order valence-corrected chi connectivity index (χ0v) is 25.9. The number of rotatable bonds is 2. The summed E-state index contributed by atoms with van der Waals surface area (Å²) in [5.41, 5.74) is 0.764. The quantitative estimate of drug-likeness (QED) is 0.388. The molecular weight excluding hydrogens is 488 g/mol. The maximum atomic E-state index is 14.5. The van der Waals surface area contributed by atoms with Crippen LogP contribution in [0.2, 0.25) is 0 Å². The first kappa shape index (κ1) is 28.7. The third-order valence-corrected chi connectivity index (χ3v) is 13.5. The number of nitrogens with one attached hydrogen (secondary N) is 2. The predicted molar refractivity (Wildman–Crippen MR) is 153 cm³/mol. The zero-order valence-electron chi connectivity index (χ0n) is 25.9. The molecule has 2 N–H and O–H groups in total. The maximum absolute atomic E-state index is 14.5. The molecule has 0 aromatic heterocycles. The Labute approximate surface area is 235 Å². The lowest BCUT2D eigenvalue weighted by Crippen LogP contribution is -2.67. The van der Waals surface area contributed by atoms with E-state index in [1.807, 2.05) is 0 Å². The Balaban J connectivity index is 1.54. The number of carbonyl (C=O) groups is 3. The highest BCUT2D eigenvalue weighted by molar-refractivity contribution is 5.95. The van der Waals surface area contributed by atoms with Crippen molar-refractivity contribution >= 4 is 17.8 Å². The van der Waals surface area contributed by atoms with E-state index in [-0.39, 0.29) is 62.6 Å². The van der Waals surface area contributed by atoms with Crippen LogP contribution in [0.3, 0.4) is 0 Å². The summed E-state index contributed by atoms with van der Waals surface area (Å²) in [6.07, 6.45) is 11.0. The summed E-state index contributed by atoms with van der Waals surface area (Å²) >= 11 is 0. The van der Waals surface area contributed by atoms with Gasteiger partial charge in [0.1, 0.15) is 6.10 Å². The van der Waals surface area contributed by atoms with E-state index in [4.69, 9.17) is 4.74 Å². The molecule has 6 nitrogen and oxygen atoms in total. The molecule has 4 saturated carbocycles. The molecule has 0 radical (unpaired) electrons. The first-order valence-corrected chi connectivity index (χ1v) is 15.4. The summed E-state index contributed by atoms with van der Waals surface area (Å²) < 4.78 is 5.85. The third kappa shape index (κ3) is 3.96. The van der Waals surface area contributed by atoms with Crippen molar-refractivity contribution < 1.29 is 19.1 Å². The van der Waals surface area contributed by atoms with Crippen molar-refractivity contribution in [2.24, 2.45) is 44.8 Å². The van der Waals surface area contributed by atoms with E-state index >= 15 is 0 Å². The van der Waals surface area contributed by atoms with Crippen molar-refractivity contribution in [2.75, 3.05) is 7.05 Å². The van der Waals surface area contributed by atoms with Crippen LogP contribution in [0.1, 0.15) is 113 Å². The second kappa shape index (κ2) is 8.82. The van der Waals surface area contributed by atoms with Gasteiger partial charge in [-0.15, -0.1) is 0 Å². The number of urea groups is 1. The number of amides is 2. The Morgan fingerprint density at radius 2 is 1.59 bits per heavy atom. The van der Waals surface area contributed by atoms with Crippen molar-refractivity contribution in [1.29, 1.82) is 0 Å². The average Bonchev–Trinajstić information content (AvgIpc) is 2.83. The molecule has 0 unspecified atom stereocenters. The highest BCUT2D eigenvalue weighted by atomic mass is 16.5. The topological polar surface area (TPSA) is 84.5 Å². The molecule has 5 rings (SSSR count). The number of ether oxygens (including phenoxy) is 1. The predicted octanol–water partition coefficient (Wildman–Crippen LogP) is 6.58. The summed E-state index contributed by atoms with van der Waals surface area (Å²) in [6.45, 7) is 17.9. The molecule has 4 fully saturated rings. The van der Waals surface area contributed by atoms with Crippen LogP contribution >= 0.6 is 0 Å². The van der Waals surface area contributed by atoms with E-state index in [0.29, 0.717) is 11.7 Å². The van der Waals surface area contributed by atoms with E-state index in [9.17, 15) is 14.4 Å². The molecule has 9 atom stereocenters. The minimum atomic E-state index is -0.285. The van der Waals surface area contributed by atoms with Crippen LogP contribution in [0.15, 0.2) is 11.6 Å². The molecule has 0 aromatic carbocycles. The van der Waals surface area contributed by atoms with Gasteiger partial charge in [-0.25, -0.2) is 4.79 Å². The Hall–Kier alpha value is -1.85. The highest BCUT2D eigenvalue weighted by Gasteiger charge is 2.70. The van der Waals surface area contributed by atoms with Crippen molar-refractivity contribution in [3.8, 4) is 0 Å². The molecule has 0 saturated heterocycles. The smallest absolute Gasteiger partial charge is 0.314 e. The Morgan fingerprint density at radius 3 is 2.23 bits per heavy atom. The largest absolute Gasteiger partial charge is 0.462 e. The number of hydrogen-bond acceptors (Lipinski definition) is 4. The van der Waals surface area contributed by atoms with E-state index in [2.05, 4.69) is 65.2 Å². The molecule has 0 aliphatic heterocycles. The molecule has 39 heavy (non-hydrogen) atoms. The molecule has 218 valence electrons. The van der Waals surface area contributed by atoms with E-state index in [1.54, 1.807) is 7.05 Å². The number of hydrogen-bond donors (Lipinski definition) is 2. The number of allylic oxidation sites excluding steroid dienone is 2. The summed E-state index contributed by atoms with van der Waals surface area (Å²) in [6, 6.07) is -0.126. The highest BCUT2D eigenvalue weighted by Crippen LogP contribution is 2.74. The molecule has 2 amide bonds. The van der Waals surface area contributed by atoms with E-state index < -0.39 is 0 Å². The van der Waals surface area contributed by atoms with Crippen molar-refractivity contribution in [3.05, 3.63) is 11.6 Å². The summed E-state index contributed by atoms with van der Waals surface area (Å²) in [7, 11) is 1.67. The lowest BCUT2D eigenvalue weighted by Gasteiger charge is -2.70. The van der Waals surface area contributed by atoms with Crippen molar-refractivity contribution in [1.82, 2.24) is 10.6 Å². The monoisotopic (exact) mass is 540 g/mol. The minimum Gasteiger partial charge on any atom is -0.462 e. The van der Waals surface area contributed by atoms with Gasteiger partial charge in [-0.2, -0.15) is 0 Å². The zero-order chi connectivity index (χ0) is 28.8. The van der Waals surface area contributed by atoms with Gasteiger partial charge in [-0.3, -0.25) is 9.59 Å². The van der Waals surface area contributed by atoms with Gasteiger partial charge < -0.3 is 15.4 Å². The van der Waals surface area contributed by atoms with Crippen LogP contribution in [0.4, 0.5) is 4.79 Å². The van der Waals surface area contributed by atoms with Gasteiger partial charge in [0.05, 0.1) is 0 Å². The fraction of sp³-hybridized carbons (Fsp3) is 0.848. The second-order valence-electron chi connectivity index (χ2n) is 15.9. The van der Waals surface area contributed by atoms with Gasteiger partial charge in [0.15, 0.2) is 5.78 Å². The number of esters is 1. The van der Waals surface area contributed by atoms with Crippen molar-refractivity contribution in [3.63, 3.8) is 0 Å². The molecule has 0 heterocycles. The Kier molecular flexibility index (Phi) is 6.49. The number of fused-ring (bicyclic) bond motifs is 7. The molecule has 5 aliphatic carbocycles. The standard InChI is InChI=1S/C33H52N2O4/c1-20(36)39-25-11-12-31(6)24(28(25,2)3)10-13-33(8)26(31)23(37)18-21-22-19-30(5,35-27(38)34-9)16-14-29(22,4)15-17-32(21,33)7/h18,22,24-26H,10-17,19H2,1-9H3,(H2,34,35,38)/t22-,24-,25-,26+,29+,30-,31-,32+,33+/m0/s1. The molecule has 0 bridgehead atoms. The summed E-state index contributed by atoms with van der Waals surface area (Å²) in [5, 5.41) is 5.99. The first-order valence-electron chi connectivity index (χ1n) is 15.4.